The zero-order valence-corrected chi connectivity index (χ0v) is 12.2. The van der Waals surface area contributed by atoms with Crippen molar-refractivity contribution in [3.05, 3.63) is 34.6 Å². The van der Waals surface area contributed by atoms with E-state index in [1.807, 2.05) is 0 Å². The summed E-state index contributed by atoms with van der Waals surface area (Å²) in [4.78, 5) is 11.7. The lowest BCUT2D eigenvalue weighted by molar-refractivity contribution is -0.139. The van der Waals surface area contributed by atoms with Crippen LogP contribution in [-0.2, 0) is 9.53 Å². The van der Waals surface area contributed by atoms with Crippen LogP contribution in [0.25, 0.3) is 0 Å². The van der Waals surface area contributed by atoms with Crippen LogP contribution < -0.4 is 10.1 Å². The molecule has 0 saturated heterocycles. The first-order valence-corrected chi connectivity index (χ1v) is 6.56. The van der Waals surface area contributed by atoms with E-state index in [0.29, 0.717) is 16.5 Å². The molecule has 0 bridgehead atoms. The van der Waals surface area contributed by atoms with E-state index in [1.54, 1.807) is 18.2 Å². The third kappa shape index (κ3) is 2.86. The van der Waals surface area contributed by atoms with Gasteiger partial charge in [0.15, 0.2) is 5.75 Å². The van der Waals surface area contributed by atoms with Crippen LogP contribution in [0.2, 0.25) is 5.02 Å². The van der Waals surface area contributed by atoms with Gasteiger partial charge in [-0.2, -0.15) is 0 Å². The zero-order valence-electron chi connectivity index (χ0n) is 10.6. The average Bonchev–Trinajstić information content (AvgIpc) is 2.38. The molecule has 1 aromatic rings. The summed E-state index contributed by atoms with van der Waals surface area (Å²) in [6.45, 7) is 0.150. The highest BCUT2D eigenvalue weighted by atomic mass is 35.5. The van der Waals surface area contributed by atoms with Gasteiger partial charge in [-0.3, -0.25) is 0 Å². The number of thiocarbonyl (C=S) groups is 1. The Bertz CT molecular complexity index is 600. The molecule has 0 saturated carbocycles. The van der Waals surface area contributed by atoms with Gasteiger partial charge < -0.3 is 19.9 Å². The Kier molecular flexibility index (Phi) is 4.46. The molecule has 7 heteroatoms. The molecule has 2 rings (SSSR count). The zero-order chi connectivity index (χ0) is 14.7. The van der Waals surface area contributed by atoms with Gasteiger partial charge in [0, 0.05) is 6.42 Å². The highest BCUT2D eigenvalue weighted by molar-refractivity contribution is 7.81. The number of benzene rings is 1. The Labute approximate surface area is 126 Å². The predicted octanol–water partition coefficient (Wildman–Crippen LogP) is 2.85. The van der Waals surface area contributed by atoms with Gasteiger partial charge in [0.2, 0.25) is 0 Å². The second-order valence-corrected chi connectivity index (χ2v) is 4.80. The molecule has 0 atom stereocenters. The van der Waals surface area contributed by atoms with Crippen molar-refractivity contribution in [3.8, 4) is 5.75 Å². The van der Waals surface area contributed by atoms with Crippen LogP contribution >= 0.6 is 23.8 Å². The maximum atomic E-state index is 11.6. The molecular formula is C13H12ClNO4S. The van der Waals surface area contributed by atoms with Crippen molar-refractivity contribution in [1.82, 2.24) is 0 Å². The standard InChI is InChI=1S/C13H12ClNO4S/c1-18-11-7(14)3-2-4-8(11)15-12(20)10-9(16)5-6-19-13(10)17/h2-4,16H,5-6H2,1H3,(H,15,20). The SMILES string of the molecule is COc1c(Cl)cccc1NC(=S)C1=C(O)CCOC1=O. The van der Waals surface area contributed by atoms with E-state index in [9.17, 15) is 9.90 Å². The fraction of sp³-hybridized carbons (Fsp3) is 0.231. The van der Waals surface area contributed by atoms with Crippen LogP contribution in [0, 0.1) is 0 Å². The number of esters is 1. The van der Waals surface area contributed by atoms with Crippen molar-refractivity contribution in [2.75, 3.05) is 19.0 Å². The van der Waals surface area contributed by atoms with Crippen molar-refractivity contribution in [2.45, 2.75) is 6.42 Å². The molecule has 0 fully saturated rings. The summed E-state index contributed by atoms with van der Waals surface area (Å²) in [5, 5.41) is 13.0. The number of aliphatic hydroxyl groups is 1. The van der Waals surface area contributed by atoms with E-state index in [4.69, 9.17) is 33.3 Å². The first-order chi connectivity index (χ1) is 9.54. The molecule has 0 unspecified atom stereocenters. The van der Waals surface area contributed by atoms with Crippen LogP contribution in [0.3, 0.4) is 0 Å². The second-order valence-electron chi connectivity index (χ2n) is 3.98. The lowest BCUT2D eigenvalue weighted by Crippen LogP contribution is -2.26. The van der Waals surface area contributed by atoms with Gasteiger partial charge in [-0.1, -0.05) is 29.9 Å². The maximum Gasteiger partial charge on any atom is 0.344 e. The van der Waals surface area contributed by atoms with E-state index in [-0.39, 0.29) is 29.3 Å². The molecule has 1 aliphatic heterocycles. The van der Waals surface area contributed by atoms with E-state index in [0.717, 1.165) is 0 Å². The predicted molar refractivity (Wildman–Crippen MR) is 79.5 cm³/mol. The minimum atomic E-state index is -0.646. The number of methoxy groups -OCH3 is 1. The third-order valence-corrected chi connectivity index (χ3v) is 3.31. The number of aliphatic hydroxyl groups excluding tert-OH is 1. The minimum absolute atomic E-state index is 0.0340. The van der Waals surface area contributed by atoms with Gasteiger partial charge in [0.05, 0.1) is 24.4 Å². The summed E-state index contributed by atoms with van der Waals surface area (Å²) in [5.74, 6) is -0.326. The molecule has 0 spiro atoms. The number of carbonyl (C=O) groups is 1. The Morgan fingerprint density at radius 2 is 2.30 bits per heavy atom. The molecule has 2 N–H and O–H groups in total. The highest BCUT2D eigenvalue weighted by Crippen LogP contribution is 2.33. The highest BCUT2D eigenvalue weighted by Gasteiger charge is 2.26. The van der Waals surface area contributed by atoms with Gasteiger partial charge in [-0.15, -0.1) is 0 Å². The molecular weight excluding hydrogens is 302 g/mol. The largest absolute Gasteiger partial charge is 0.511 e. The number of rotatable bonds is 3. The van der Waals surface area contributed by atoms with E-state index in [2.05, 4.69) is 5.32 Å². The number of cyclic esters (lactones) is 1. The molecule has 0 radical (unpaired) electrons. The van der Waals surface area contributed by atoms with E-state index >= 15 is 0 Å². The van der Waals surface area contributed by atoms with Crippen LogP contribution in [0.15, 0.2) is 29.5 Å². The Morgan fingerprint density at radius 1 is 1.55 bits per heavy atom. The molecule has 20 heavy (non-hydrogen) atoms. The molecule has 0 aliphatic carbocycles. The Balaban J connectivity index is 2.29. The fourth-order valence-electron chi connectivity index (χ4n) is 1.78. The van der Waals surface area contributed by atoms with Crippen molar-refractivity contribution in [1.29, 1.82) is 0 Å². The maximum absolute atomic E-state index is 11.6. The molecule has 0 amide bonds. The van der Waals surface area contributed by atoms with Crippen LogP contribution in [0.5, 0.6) is 5.75 Å². The van der Waals surface area contributed by atoms with Gasteiger partial charge >= 0.3 is 5.97 Å². The fourth-order valence-corrected chi connectivity index (χ4v) is 2.34. The molecule has 1 aromatic carbocycles. The first-order valence-electron chi connectivity index (χ1n) is 5.77. The summed E-state index contributed by atoms with van der Waals surface area (Å²) in [6, 6.07) is 5.08. The molecule has 1 heterocycles. The topological polar surface area (TPSA) is 67.8 Å². The summed E-state index contributed by atoms with van der Waals surface area (Å²) >= 11 is 11.1. The normalized spacial score (nSPS) is 14.8. The average molecular weight is 314 g/mol. The second kappa shape index (κ2) is 6.11. The van der Waals surface area contributed by atoms with Crippen molar-refractivity contribution in [2.24, 2.45) is 0 Å². The lowest BCUT2D eigenvalue weighted by atomic mass is 10.1. The number of nitrogens with one attached hydrogen (secondary N) is 1. The van der Waals surface area contributed by atoms with Gasteiger partial charge in [-0.25, -0.2) is 4.79 Å². The van der Waals surface area contributed by atoms with Crippen molar-refractivity contribution in [3.63, 3.8) is 0 Å². The third-order valence-electron chi connectivity index (χ3n) is 2.71. The van der Waals surface area contributed by atoms with Gasteiger partial charge in [0.1, 0.15) is 16.3 Å². The number of para-hydroxylation sites is 1. The number of anilines is 1. The first kappa shape index (κ1) is 14.6. The smallest absolute Gasteiger partial charge is 0.344 e. The van der Waals surface area contributed by atoms with E-state index in [1.165, 1.54) is 7.11 Å². The number of ether oxygens (including phenoxy) is 2. The number of halogens is 1. The number of carbonyl (C=O) groups excluding carboxylic acids is 1. The summed E-state index contributed by atoms with van der Waals surface area (Å²) in [6.07, 6.45) is 0.246. The van der Waals surface area contributed by atoms with E-state index < -0.39 is 5.97 Å². The molecule has 5 nitrogen and oxygen atoms in total. The van der Waals surface area contributed by atoms with Crippen LogP contribution in [-0.4, -0.2) is 29.8 Å². The summed E-state index contributed by atoms with van der Waals surface area (Å²) in [7, 11) is 1.47. The van der Waals surface area contributed by atoms with Gasteiger partial charge in [-0.05, 0) is 12.1 Å². The van der Waals surface area contributed by atoms with Crippen LogP contribution in [0.1, 0.15) is 6.42 Å². The number of hydrogen-bond acceptors (Lipinski definition) is 5. The Hall–Kier alpha value is -1.79. The quantitative estimate of drug-likeness (QED) is 0.660. The number of hydrogen-bond donors (Lipinski definition) is 2. The van der Waals surface area contributed by atoms with Gasteiger partial charge in [0.25, 0.3) is 0 Å². The molecule has 106 valence electrons. The lowest BCUT2D eigenvalue weighted by Gasteiger charge is -2.18. The van der Waals surface area contributed by atoms with Crippen molar-refractivity contribution < 1.29 is 19.4 Å². The van der Waals surface area contributed by atoms with Crippen LogP contribution in [0.4, 0.5) is 5.69 Å². The summed E-state index contributed by atoms with van der Waals surface area (Å²) < 4.78 is 10.0. The summed E-state index contributed by atoms with van der Waals surface area (Å²) in [5.41, 5.74) is 0.469. The molecule has 1 aliphatic rings. The monoisotopic (exact) mass is 313 g/mol. The minimum Gasteiger partial charge on any atom is -0.511 e. The Morgan fingerprint density at radius 3 is 2.95 bits per heavy atom. The molecule has 0 aromatic heterocycles. The van der Waals surface area contributed by atoms with Crippen molar-refractivity contribution >= 4 is 40.5 Å².